The molecule has 0 radical (unpaired) electrons. The Morgan fingerprint density at radius 2 is 2.14 bits per heavy atom. The Hall–Kier alpha value is -0.120. The van der Waals surface area contributed by atoms with Crippen molar-refractivity contribution in [3.63, 3.8) is 0 Å². The number of nitrogens with zero attached hydrogens (tertiary/aromatic N) is 1. The van der Waals surface area contributed by atoms with Gasteiger partial charge in [0, 0.05) is 18.6 Å². The van der Waals surface area contributed by atoms with Gasteiger partial charge in [-0.1, -0.05) is 6.42 Å². The Bertz CT molecular complexity index is 169. The number of hydrogen-bond donors (Lipinski definition) is 2. The Balaban J connectivity index is 1.77. The number of nitrogens with one attached hydrogen (secondary N) is 1. The highest BCUT2D eigenvalue weighted by Crippen LogP contribution is 2.18. The number of piperidine rings is 1. The van der Waals surface area contributed by atoms with Crippen molar-refractivity contribution in [3.8, 4) is 0 Å². The fourth-order valence-corrected chi connectivity index (χ4v) is 2.71. The fraction of sp³-hybridized carbons (Fsp3) is 1.00. The van der Waals surface area contributed by atoms with Crippen molar-refractivity contribution >= 4 is 0 Å². The summed E-state index contributed by atoms with van der Waals surface area (Å²) in [6.07, 6.45) is 6.46. The van der Waals surface area contributed by atoms with Crippen molar-refractivity contribution in [2.75, 3.05) is 26.2 Å². The highest BCUT2D eigenvalue weighted by Gasteiger charge is 2.26. The highest BCUT2D eigenvalue weighted by molar-refractivity contribution is 4.83. The van der Waals surface area contributed by atoms with E-state index in [2.05, 4.69) is 10.2 Å². The third-order valence-corrected chi connectivity index (χ3v) is 3.58. The van der Waals surface area contributed by atoms with E-state index in [0.717, 1.165) is 6.54 Å². The summed E-state index contributed by atoms with van der Waals surface area (Å²) in [6.45, 7) is 3.85. The third-order valence-electron chi connectivity index (χ3n) is 3.58. The zero-order valence-corrected chi connectivity index (χ0v) is 8.91. The third kappa shape index (κ3) is 2.47. The van der Waals surface area contributed by atoms with Gasteiger partial charge in [-0.25, -0.2) is 0 Å². The summed E-state index contributed by atoms with van der Waals surface area (Å²) >= 11 is 0. The lowest BCUT2D eigenvalue weighted by atomic mass is 10.0. The molecule has 2 N–H and O–H groups in total. The molecule has 0 amide bonds. The molecule has 2 fully saturated rings. The molecule has 0 spiro atoms. The first kappa shape index (κ1) is 10.4. The van der Waals surface area contributed by atoms with Gasteiger partial charge in [-0.05, 0) is 38.8 Å². The standard InChI is InChI=1S/C11H22N2O/c14-9-11-5-3-7-13(11)8-10-4-1-2-6-12-10/h10-12,14H,1-9H2/t10-,11-/m0/s1. The molecule has 2 saturated heterocycles. The molecule has 0 unspecified atom stereocenters. The molecule has 3 nitrogen and oxygen atoms in total. The second kappa shape index (κ2) is 5.10. The lowest BCUT2D eigenvalue weighted by Gasteiger charge is -2.30. The van der Waals surface area contributed by atoms with E-state index in [1.54, 1.807) is 0 Å². The van der Waals surface area contributed by atoms with Crippen molar-refractivity contribution in [2.45, 2.75) is 44.2 Å². The van der Waals surface area contributed by atoms with Crippen molar-refractivity contribution in [3.05, 3.63) is 0 Å². The summed E-state index contributed by atoms with van der Waals surface area (Å²) in [5.41, 5.74) is 0. The van der Waals surface area contributed by atoms with E-state index in [-0.39, 0.29) is 0 Å². The monoisotopic (exact) mass is 198 g/mol. The van der Waals surface area contributed by atoms with Crippen LogP contribution in [0.25, 0.3) is 0 Å². The van der Waals surface area contributed by atoms with E-state index >= 15 is 0 Å². The SMILES string of the molecule is OC[C@@H]1CCCN1C[C@@H]1CCCCN1. The Morgan fingerprint density at radius 3 is 2.86 bits per heavy atom. The van der Waals surface area contributed by atoms with E-state index in [0.29, 0.717) is 18.7 Å². The first-order valence-electron chi connectivity index (χ1n) is 5.98. The maximum atomic E-state index is 9.20. The van der Waals surface area contributed by atoms with Crippen LogP contribution in [0.15, 0.2) is 0 Å². The van der Waals surface area contributed by atoms with Crippen LogP contribution in [0.4, 0.5) is 0 Å². The van der Waals surface area contributed by atoms with Gasteiger partial charge >= 0.3 is 0 Å². The molecule has 3 heteroatoms. The van der Waals surface area contributed by atoms with E-state index in [9.17, 15) is 5.11 Å². The van der Waals surface area contributed by atoms with Gasteiger partial charge in [0.25, 0.3) is 0 Å². The first-order chi connectivity index (χ1) is 6.90. The zero-order chi connectivity index (χ0) is 9.80. The Labute approximate surface area is 86.5 Å². The summed E-state index contributed by atoms with van der Waals surface area (Å²) in [5, 5.41) is 12.8. The average molecular weight is 198 g/mol. The molecule has 0 aromatic rings. The second-order valence-corrected chi connectivity index (χ2v) is 4.62. The van der Waals surface area contributed by atoms with Crippen molar-refractivity contribution in [1.82, 2.24) is 10.2 Å². The molecule has 0 aromatic carbocycles. The predicted octanol–water partition coefficient (Wildman–Crippen LogP) is 0.585. The van der Waals surface area contributed by atoms with Crippen molar-refractivity contribution < 1.29 is 5.11 Å². The largest absolute Gasteiger partial charge is 0.395 e. The van der Waals surface area contributed by atoms with E-state index in [1.165, 1.54) is 45.2 Å². The molecule has 2 aliphatic heterocycles. The number of rotatable bonds is 3. The van der Waals surface area contributed by atoms with E-state index in [1.807, 2.05) is 0 Å². The Kier molecular flexibility index (Phi) is 3.79. The molecule has 0 bridgehead atoms. The topological polar surface area (TPSA) is 35.5 Å². The summed E-state index contributed by atoms with van der Waals surface area (Å²) in [7, 11) is 0. The smallest absolute Gasteiger partial charge is 0.0586 e. The van der Waals surface area contributed by atoms with Crippen LogP contribution in [0.3, 0.4) is 0 Å². The summed E-state index contributed by atoms with van der Waals surface area (Å²) in [6, 6.07) is 1.12. The van der Waals surface area contributed by atoms with Crippen LogP contribution in [-0.4, -0.2) is 48.3 Å². The lowest BCUT2D eigenvalue weighted by molar-refractivity contribution is 0.142. The first-order valence-corrected chi connectivity index (χ1v) is 5.98. The molecule has 2 aliphatic rings. The molecule has 2 heterocycles. The van der Waals surface area contributed by atoms with Gasteiger partial charge in [-0.15, -0.1) is 0 Å². The molecule has 82 valence electrons. The van der Waals surface area contributed by atoms with Crippen LogP contribution in [0.1, 0.15) is 32.1 Å². The number of hydrogen-bond acceptors (Lipinski definition) is 3. The molecule has 0 saturated carbocycles. The minimum Gasteiger partial charge on any atom is -0.395 e. The quantitative estimate of drug-likeness (QED) is 0.696. The van der Waals surface area contributed by atoms with Crippen LogP contribution in [0.5, 0.6) is 0 Å². The van der Waals surface area contributed by atoms with Gasteiger partial charge in [0.2, 0.25) is 0 Å². The van der Waals surface area contributed by atoms with Gasteiger partial charge in [0.1, 0.15) is 0 Å². The van der Waals surface area contributed by atoms with E-state index in [4.69, 9.17) is 0 Å². The normalized spacial score (nSPS) is 34.9. The number of likely N-dealkylation sites (tertiary alicyclic amines) is 1. The van der Waals surface area contributed by atoms with Crippen LogP contribution >= 0.6 is 0 Å². The second-order valence-electron chi connectivity index (χ2n) is 4.62. The summed E-state index contributed by atoms with van der Waals surface area (Å²) in [5.74, 6) is 0. The highest BCUT2D eigenvalue weighted by atomic mass is 16.3. The maximum absolute atomic E-state index is 9.20. The van der Waals surface area contributed by atoms with Crippen LogP contribution in [0.2, 0.25) is 0 Å². The van der Waals surface area contributed by atoms with Gasteiger partial charge in [-0.3, -0.25) is 4.90 Å². The maximum Gasteiger partial charge on any atom is 0.0586 e. The van der Waals surface area contributed by atoms with Gasteiger partial charge in [-0.2, -0.15) is 0 Å². The molecule has 14 heavy (non-hydrogen) atoms. The van der Waals surface area contributed by atoms with Gasteiger partial charge in [0.05, 0.1) is 6.61 Å². The van der Waals surface area contributed by atoms with Crippen LogP contribution in [0, 0.1) is 0 Å². The molecule has 2 rings (SSSR count). The van der Waals surface area contributed by atoms with Crippen LogP contribution in [-0.2, 0) is 0 Å². The molecule has 0 aliphatic carbocycles. The average Bonchev–Trinajstić information content (AvgIpc) is 2.67. The molecular weight excluding hydrogens is 176 g/mol. The lowest BCUT2D eigenvalue weighted by Crippen LogP contribution is -2.45. The fourth-order valence-electron chi connectivity index (χ4n) is 2.71. The summed E-state index contributed by atoms with van der Waals surface area (Å²) < 4.78 is 0. The van der Waals surface area contributed by atoms with Crippen LogP contribution < -0.4 is 5.32 Å². The predicted molar refractivity (Wildman–Crippen MR) is 57.3 cm³/mol. The minimum atomic E-state index is 0.340. The van der Waals surface area contributed by atoms with Gasteiger partial charge < -0.3 is 10.4 Å². The van der Waals surface area contributed by atoms with E-state index < -0.39 is 0 Å². The zero-order valence-electron chi connectivity index (χ0n) is 8.91. The summed E-state index contributed by atoms with van der Waals surface area (Å²) in [4.78, 5) is 2.46. The van der Waals surface area contributed by atoms with Gasteiger partial charge in [0.15, 0.2) is 0 Å². The number of aliphatic hydroxyl groups excluding tert-OH is 1. The van der Waals surface area contributed by atoms with Crippen molar-refractivity contribution in [1.29, 1.82) is 0 Å². The minimum absolute atomic E-state index is 0.340. The van der Waals surface area contributed by atoms with Crippen molar-refractivity contribution in [2.24, 2.45) is 0 Å². The molecule has 2 atom stereocenters. The number of aliphatic hydroxyl groups is 1. The molecule has 0 aromatic heterocycles. The molecular formula is C11H22N2O. The Morgan fingerprint density at radius 1 is 1.21 bits per heavy atom.